The van der Waals surface area contributed by atoms with Crippen LogP contribution >= 0.6 is 22.9 Å². The van der Waals surface area contributed by atoms with Crippen LogP contribution in [0.4, 0.5) is 4.39 Å². The van der Waals surface area contributed by atoms with Crippen molar-refractivity contribution < 1.29 is 23.2 Å². The predicted molar refractivity (Wildman–Crippen MR) is 137 cm³/mol. The van der Waals surface area contributed by atoms with Gasteiger partial charge in [-0.2, -0.15) is 0 Å². The van der Waals surface area contributed by atoms with Gasteiger partial charge >= 0.3 is 5.97 Å². The number of hydrogen-bond donors (Lipinski definition) is 1. The van der Waals surface area contributed by atoms with Gasteiger partial charge in [-0.1, -0.05) is 28.9 Å². The number of benzene rings is 1. The van der Waals surface area contributed by atoms with Gasteiger partial charge in [0.25, 0.3) is 0 Å². The minimum absolute atomic E-state index is 0.218. The van der Waals surface area contributed by atoms with Crippen LogP contribution in [0.3, 0.4) is 0 Å². The second kappa shape index (κ2) is 8.70. The van der Waals surface area contributed by atoms with Crippen LogP contribution in [0.15, 0.2) is 56.8 Å². The first-order valence-corrected chi connectivity index (χ1v) is 13.5. The van der Waals surface area contributed by atoms with Gasteiger partial charge in [0.1, 0.15) is 6.04 Å². The van der Waals surface area contributed by atoms with Crippen molar-refractivity contribution in [1.82, 2.24) is 20.4 Å². The lowest BCUT2D eigenvalue weighted by atomic mass is 9.67. The minimum atomic E-state index is -1.62. The molecule has 2 aromatic heterocycles. The highest BCUT2D eigenvalue weighted by Crippen LogP contribution is 2.64. The smallest absolute Gasteiger partial charge is 0.338 e. The van der Waals surface area contributed by atoms with Crippen molar-refractivity contribution in [3.63, 3.8) is 0 Å². The van der Waals surface area contributed by atoms with E-state index in [9.17, 15) is 4.79 Å². The molecular weight excluding hydrogens is 533 g/mol. The summed E-state index contributed by atoms with van der Waals surface area (Å²) >= 11 is 8.10. The lowest BCUT2D eigenvalue weighted by molar-refractivity contribution is -0.136. The third-order valence-electron chi connectivity index (χ3n) is 7.96. The first kappa shape index (κ1) is 24.0. The van der Waals surface area contributed by atoms with Gasteiger partial charge in [-0.25, -0.2) is 14.2 Å². The fourth-order valence-electron chi connectivity index (χ4n) is 6.26. The molecule has 4 aliphatic rings. The number of nitrogens with zero attached hydrogens (tertiary/aromatic N) is 4. The van der Waals surface area contributed by atoms with Gasteiger partial charge in [0.05, 0.1) is 49.6 Å². The number of thiazole rings is 1. The summed E-state index contributed by atoms with van der Waals surface area (Å²) in [6.45, 7) is 2.75. The van der Waals surface area contributed by atoms with Crippen LogP contribution in [0.1, 0.15) is 39.4 Å². The number of aryl methyl sites for hydroxylation is 1. The Kier molecular flexibility index (Phi) is 5.49. The topological polar surface area (TPSA) is 102 Å². The Labute approximate surface area is 226 Å². The number of aromatic nitrogens is 2. The number of aliphatic imine (C=N–C) groups is 1. The quantitative estimate of drug-likeness (QED) is 0.476. The van der Waals surface area contributed by atoms with E-state index < -0.39 is 29.6 Å². The normalized spacial score (nSPS) is 29.7. The van der Waals surface area contributed by atoms with Crippen LogP contribution < -0.4 is 5.32 Å². The number of methoxy groups -OCH3 is 1. The zero-order valence-corrected chi connectivity index (χ0v) is 22.1. The van der Waals surface area contributed by atoms with E-state index in [1.54, 1.807) is 6.20 Å². The summed E-state index contributed by atoms with van der Waals surface area (Å²) in [5.41, 5.74) is 1.41. The Morgan fingerprint density at radius 2 is 2.26 bits per heavy atom. The molecular formula is C26H23ClFN5O4S. The number of amidine groups is 1. The number of carbonyl (C=O) groups excluding carboxylic acids is 1. The van der Waals surface area contributed by atoms with E-state index >= 15 is 4.39 Å². The highest BCUT2D eigenvalue weighted by atomic mass is 35.5. The summed E-state index contributed by atoms with van der Waals surface area (Å²) in [7, 11) is 1.33. The molecule has 0 spiro atoms. The van der Waals surface area contributed by atoms with Crippen molar-refractivity contribution in [1.29, 1.82) is 0 Å². The fraction of sp³-hybridized carbons (Fsp3) is 0.385. The van der Waals surface area contributed by atoms with Crippen LogP contribution in [0.25, 0.3) is 0 Å². The molecule has 3 aliphatic heterocycles. The van der Waals surface area contributed by atoms with Crippen LogP contribution in [-0.4, -0.2) is 65.8 Å². The molecule has 12 heteroatoms. The number of hydrogen-bond acceptors (Lipinski definition) is 10. The fourth-order valence-corrected chi connectivity index (χ4v) is 7.19. The molecule has 0 saturated carbocycles. The maximum absolute atomic E-state index is 16.5. The number of ether oxygens (including phenoxy) is 2. The molecule has 0 radical (unpaired) electrons. The molecule has 5 heterocycles. The molecule has 38 heavy (non-hydrogen) atoms. The second-order valence-electron chi connectivity index (χ2n) is 9.89. The molecule has 9 nitrogen and oxygen atoms in total. The summed E-state index contributed by atoms with van der Waals surface area (Å²) in [4.78, 5) is 24.7. The van der Waals surface area contributed by atoms with Crippen LogP contribution in [-0.2, 0) is 19.9 Å². The van der Waals surface area contributed by atoms with Gasteiger partial charge in [0, 0.05) is 40.4 Å². The number of halogens is 2. The van der Waals surface area contributed by atoms with Crippen molar-refractivity contribution >= 4 is 34.7 Å². The number of rotatable bonds is 5. The average Bonchev–Trinajstić information content (AvgIpc) is 3.61. The first-order chi connectivity index (χ1) is 18.4. The van der Waals surface area contributed by atoms with Gasteiger partial charge in [-0.05, 0) is 18.6 Å². The van der Waals surface area contributed by atoms with Gasteiger partial charge in [0.15, 0.2) is 22.3 Å². The number of alkyl halides is 1. The highest BCUT2D eigenvalue weighted by molar-refractivity contribution is 7.11. The first-order valence-electron chi connectivity index (χ1n) is 12.2. The number of morpholine rings is 1. The third kappa shape index (κ3) is 3.28. The molecule has 1 aromatic carbocycles. The third-order valence-corrected chi connectivity index (χ3v) is 9.07. The zero-order chi connectivity index (χ0) is 26.2. The molecule has 1 aliphatic carbocycles. The van der Waals surface area contributed by atoms with Crippen molar-refractivity contribution in [3.05, 3.63) is 79.7 Å². The molecule has 0 amide bonds. The molecule has 3 aromatic rings. The highest BCUT2D eigenvalue weighted by Gasteiger charge is 2.72. The van der Waals surface area contributed by atoms with Crippen LogP contribution in [0.2, 0.25) is 5.02 Å². The molecule has 196 valence electrons. The van der Waals surface area contributed by atoms with Gasteiger partial charge in [-0.15, -0.1) is 11.3 Å². The van der Waals surface area contributed by atoms with Gasteiger partial charge < -0.3 is 19.3 Å². The number of nitrogens with one attached hydrogen (secondary N) is 1. The average molecular weight is 556 g/mol. The standard InChI is InChI=1S/C26H23ClFN5O4S/c1-12-3-4-13(15(27)7-12)21-19(25(34)35-2)16(31-23(32-21)24-29-5-6-38-24)9-33-17-10-36-11-18(33)26(28)14-8-30-37-22(14)20(17)26/h3-8,17-18,20-21H,9-11H2,1-2H3,(H,31,32)/t17?,18?,20?,21-,26?/m0/s1. The van der Waals surface area contributed by atoms with Gasteiger partial charge in [-0.3, -0.25) is 9.89 Å². The second-order valence-corrected chi connectivity index (χ2v) is 11.2. The lowest BCUT2D eigenvalue weighted by Gasteiger charge is -2.39. The minimum Gasteiger partial charge on any atom is -0.466 e. The van der Waals surface area contributed by atoms with Crippen molar-refractivity contribution in [2.24, 2.45) is 4.99 Å². The SMILES string of the molecule is COC(=O)C1=C(CN2C3COCC2C2(F)c4cnoc4C32)NC(c2nccs2)=N[C@H]1c1ccc(C)cc1Cl. The van der Waals surface area contributed by atoms with E-state index in [0.717, 1.165) is 5.56 Å². The van der Waals surface area contributed by atoms with Crippen molar-refractivity contribution in [2.75, 3.05) is 26.9 Å². The maximum atomic E-state index is 16.5. The zero-order valence-electron chi connectivity index (χ0n) is 20.5. The summed E-state index contributed by atoms with van der Waals surface area (Å²) < 4.78 is 33.0. The molecule has 2 bridgehead atoms. The lowest BCUT2D eigenvalue weighted by Crippen LogP contribution is -2.52. The monoisotopic (exact) mass is 555 g/mol. The van der Waals surface area contributed by atoms with E-state index in [1.165, 1.54) is 24.6 Å². The van der Waals surface area contributed by atoms with E-state index in [4.69, 9.17) is 30.6 Å². The molecule has 2 saturated heterocycles. The Morgan fingerprint density at radius 1 is 1.39 bits per heavy atom. The van der Waals surface area contributed by atoms with Gasteiger partial charge in [0.2, 0.25) is 0 Å². The Morgan fingerprint density at radius 3 is 3.03 bits per heavy atom. The van der Waals surface area contributed by atoms with E-state index in [0.29, 0.717) is 50.6 Å². The predicted octanol–water partition coefficient (Wildman–Crippen LogP) is 3.66. The van der Waals surface area contributed by atoms with Crippen LogP contribution in [0.5, 0.6) is 0 Å². The molecule has 2 fully saturated rings. The van der Waals surface area contributed by atoms with Crippen LogP contribution in [0, 0.1) is 6.92 Å². The van der Waals surface area contributed by atoms with E-state index in [-0.39, 0.29) is 19.2 Å². The van der Waals surface area contributed by atoms with E-state index in [1.807, 2.05) is 30.5 Å². The largest absolute Gasteiger partial charge is 0.466 e. The maximum Gasteiger partial charge on any atom is 0.338 e. The number of esters is 1. The molecule has 7 rings (SSSR count). The molecule has 5 atom stereocenters. The Balaban J connectivity index is 1.34. The Hall–Kier alpha value is -3.12. The molecule has 4 unspecified atom stereocenters. The summed E-state index contributed by atoms with van der Waals surface area (Å²) in [5.74, 6) is 0.0703. The van der Waals surface area contributed by atoms with Crippen molar-refractivity contribution in [2.45, 2.75) is 36.6 Å². The summed E-state index contributed by atoms with van der Waals surface area (Å²) in [5, 5.41) is 10.2. The molecule has 1 N–H and O–H groups in total. The number of fused-ring (bicyclic) bond motifs is 8. The number of carbonyl (C=O) groups is 1. The summed E-state index contributed by atoms with van der Waals surface area (Å²) in [6, 6.07) is 4.06. The van der Waals surface area contributed by atoms with E-state index in [2.05, 4.69) is 20.4 Å². The Bertz CT molecular complexity index is 1510. The van der Waals surface area contributed by atoms with Crippen molar-refractivity contribution in [3.8, 4) is 0 Å². The summed E-state index contributed by atoms with van der Waals surface area (Å²) in [6.07, 6.45) is 3.16.